The molecular weight excluding hydrogens is 648 g/mol. The molecule has 3 heterocycles. The highest BCUT2D eigenvalue weighted by Crippen LogP contribution is 2.45. The minimum atomic E-state index is -0.265. The molecule has 3 aliphatic carbocycles. The third-order valence-electron chi connectivity index (χ3n) is 11.5. The third-order valence-corrected chi connectivity index (χ3v) is 11.5. The van der Waals surface area contributed by atoms with E-state index in [4.69, 9.17) is 14.2 Å². The van der Waals surface area contributed by atoms with E-state index in [0.717, 1.165) is 77.0 Å². The summed E-state index contributed by atoms with van der Waals surface area (Å²) in [6.07, 6.45) is 17.8. The van der Waals surface area contributed by atoms with Crippen LogP contribution in [0.1, 0.15) is 147 Å². The first-order valence-corrected chi connectivity index (χ1v) is 18.7. The number of rotatable bonds is 0. The number of hydrogen-bond acceptors (Lipinski definition) is 9. The van der Waals surface area contributed by atoms with Gasteiger partial charge in [0.25, 0.3) is 0 Å². The molecule has 0 atom stereocenters. The molecule has 0 unspecified atom stereocenters. The first-order chi connectivity index (χ1) is 24.6. The van der Waals surface area contributed by atoms with Gasteiger partial charge in [0.1, 0.15) is 51.3 Å². The molecule has 0 radical (unpaired) electrons. The average molecular weight is 697 g/mol. The summed E-state index contributed by atoms with van der Waals surface area (Å²) in [5.41, 5.74) is 0.793. The average Bonchev–Trinajstić information content (AvgIpc) is 3.11. The third kappa shape index (κ3) is 7.58. The van der Waals surface area contributed by atoms with Crippen LogP contribution in [0, 0.1) is 0 Å². The molecule has 3 aromatic rings. The second-order valence-electron chi connectivity index (χ2n) is 15.4. The molecule has 3 fully saturated rings. The summed E-state index contributed by atoms with van der Waals surface area (Å²) in [7, 11) is 0. The normalized spacial score (nSPS) is 22.0. The van der Waals surface area contributed by atoms with Gasteiger partial charge in [0.05, 0.1) is 36.0 Å². The van der Waals surface area contributed by atoms with E-state index in [1.54, 1.807) is 36.4 Å². The standard InChI is InChI=1S/3C14H16O3/c3*15-10-4-5-13-11(8-10)12(16)9-14(17-13)6-2-1-3-7-14/h3*4-5,8,15H,1-3,6-7,9H2. The highest BCUT2D eigenvalue weighted by Gasteiger charge is 2.43. The molecule has 0 bridgehead atoms. The maximum absolute atomic E-state index is 12.1. The van der Waals surface area contributed by atoms with Crippen LogP contribution in [0.2, 0.25) is 0 Å². The summed E-state index contributed by atoms with van der Waals surface area (Å²) in [6, 6.07) is 14.4. The molecule has 0 aromatic heterocycles. The van der Waals surface area contributed by atoms with Gasteiger partial charge in [0.15, 0.2) is 17.3 Å². The molecule has 0 amide bonds. The fourth-order valence-electron chi connectivity index (χ4n) is 8.87. The number of hydrogen-bond donors (Lipinski definition) is 3. The monoisotopic (exact) mass is 696 g/mol. The number of Topliss-reactive ketones (excluding diaryl/α,β-unsaturated/α-hetero) is 3. The lowest BCUT2D eigenvalue weighted by molar-refractivity contribution is 0.0128. The number of aromatic hydroxyl groups is 3. The van der Waals surface area contributed by atoms with Crippen LogP contribution in [-0.4, -0.2) is 49.5 Å². The van der Waals surface area contributed by atoms with E-state index in [-0.39, 0.29) is 51.4 Å². The Balaban J connectivity index is 0.000000119. The Hall–Kier alpha value is -4.53. The second-order valence-corrected chi connectivity index (χ2v) is 15.4. The number of carbonyl (C=O) groups excluding carboxylic acids is 3. The first-order valence-electron chi connectivity index (χ1n) is 18.7. The predicted octanol–water partition coefficient (Wildman–Crippen LogP) is 9.18. The Bertz CT molecular complexity index is 1580. The summed E-state index contributed by atoms with van der Waals surface area (Å²) in [4.78, 5) is 36.4. The van der Waals surface area contributed by atoms with Gasteiger partial charge in [0.2, 0.25) is 0 Å². The van der Waals surface area contributed by atoms with E-state index >= 15 is 0 Å². The van der Waals surface area contributed by atoms with Crippen molar-refractivity contribution in [3.05, 3.63) is 71.3 Å². The van der Waals surface area contributed by atoms with Gasteiger partial charge >= 0.3 is 0 Å². The molecule has 9 heteroatoms. The highest BCUT2D eigenvalue weighted by molar-refractivity contribution is 6.02. The fourth-order valence-corrected chi connectivity index (χ4v) is 8.87. The van der Waals surface area contributed by atoms with Crippen molar-refractivity contribution in [1.82, 2.24) is 0 Å². The van der Waals surface area contributed by atoms with Gasteiger partial charge in [-0.2, -0.15) is 0 Å². The smallest absolute Gasteiger partial charge is 0.170 e. The van der Waals surface area contributed by atoms with Crippen LogP contribution in [0.25, 0.3) is 0 Å². The van der Waals surface area contributed by atoms with Crippen molar-refractivity contribution in [2.24, 2.45) is 0 Å². The number of ketones is 3. The summed E-state index contributed by atoms with van der Waals surface area (Å²) in [5, 5.41) is 28.2. The van der Waals surface area contributed by atoms with Crippen molar-refractivity contribution in [3.63, 3.8) is 0 Å². The van der Waals surface area contributed by atoms with Gasteiger partial charge in [-0.3, -0.25) is 14.4 Å². The van der Waals surface area contributed by atoms with Crippen molar-refractivity contribution >= 4 is 17.3 Å². The minimum absolute atomic E-state index is 0.101. The van der Waals surface area contributed by atoms with Crippen molar-refractivity contribution in [3.8, 4) is 34.5 Å². The summed E-state index contributed by atoms with van der Waals surface area (Å²) >= 11 is 0. The molecule has 3 aromatic carbocycles. The molecule has 9 nitrogen and oxygen atoms in total. The molecule has 6 aliphatic rings. The fraction of sp³-hybridized carbons (Fsp3) is 0.500. The number of phenolic OH excluding ortho intramolecular Hbond substituents is 3. The molecule has 3 aliphatic heterocycles. The zero-order chi connectivity index (χ0) is 35.6. The zero-order valence-electron chi connectivity index (χ0n) is 29.2. The lowest BCUT2D eigenvalue weighted by atomic mass is 9.78. The van der Waals surface area contributed by atoms with Gasteiger partial charge in [0, 0.05) is 0 Å². The van der Waals surface area contributed by atoms with Crippen molar-refractivity contribution in [2.45, 2.75) is 132 Å². The quantitative estimate of drug-likeness (QED) is 0.210. The molecule has 51 heavy (non-hydrogen) atoms. The van der Waals surface area contributed by atoms with E-state index < -0.39 is 0 Å². The molecule has 0 saturated heterocycles. The molecule has 3 N–H and O–H groups in total. The SMILES string of the molecule is O=C1CC2(CCCCC2)Oc2ccc(O)cc21.O=C1CC2(CCCCC2)Oc2ccc(O)cc21.O=C1CC2(CCCCC2)Oc2ccc(O)cc21. The van der Waals surface area contributed by atoms with Gasteiger partial charge in [-0.15, -0.1) is 0 Å². The van der Waals surface area contributed by atoms with Crippen molar-refractivity contribution in [2.75, 3.05) is 0 Å². The molecular formula is C42H48O9. The summed E-state index contributed by atoms with van der Waals surface area (Å²) in [5.74, 6) is 2.60. The van der Waals surface area contributed by atoms with E-state index in [1.807, 2.05) is 0 Å². The van der Waals surface area contributed by atoms with E-state index in [0.29, 0.717) is 53.2 Å². The number of carbonyl (C=O) groups is 3. The van der Waals surface area contributed by atoms with Crippen LogP contribution in [0.3, 0.4) is 0 Å². The largest absolute Gasteiger partial charge is 0.508 e. The van der Waals surface area contributed by atoms with Crippen molar-refractivity contribution in [1.29, 1.82) is 0 Å². The second kappa shape index (κ2) is 14.2. The maximum Gasteiger partial charge on any atom is 0.170 e. The molecule has 270 valence electrons. The molecule has 9 rings (SSSR count). The Kier molecular flexibility index (Phi) is 9.74. The number of fused-ring (bicyclic) bond motifs is 3. The summed E-state index contributed by atoms with van der Waals surface area (Å²) in [6.45, 7) is 0. The maximum atomic E-state index is 12.1. The Labute approximate surface area is 298 Å². The van der Waals surface area contributed by atoms with Gasteiger partial charge in [-0.25, -0.2) is 0 Å². The Morgan fingerprint density at radius 3 is 0.902 bits per heavy atom. The Morgan fingerprint density at radius 2 is 0.647 bits per heavy atom. The number of phenols is 3. The van der Waals surface area contributed by atoms with Crippen LogP contribution in [-0.2, 0) is 0 Å². The Morgan fingerprint density at radius 1 is 0.392 bits per heavy atom. The number of ether oxygens (including phenoxy) is 3. The predicted molar refractivity (Wildman–Crippen MR) is 190 cm³/mol. The topological polar surface area (TPSA) is 140 Å². The lowest BCUT2D eigenvalue weighted by Crippen LogP contribution is -2.43. The van der Waals surface area contributed by atoms with E-state index in [9.17, 15) is 29.7 Å². The van der Waals surface area contributed by atoms with Gasteiger partial charge in [-0.1, -0.05) is 19.3 Å². The van der Waals surface area contributed by atoms with Crippen LogP contribution in [0.5, 0.6) is 34.5 Å². The number of benzene rings is 3. The van der Waals surface area contributed by atoms with Crippen LogP contribution >= 0.6 is 0 Å². The van der Waals surface area contributed by atoms with Gasteiger partial charge < -0.3 is 29.5 Å². The van der Waals surface area contributed by atoms with Gasteiger partial charge in [-0.05, 0) is 132 Å². The first kappa shape index (κ1) is 34.9. The lowest BCUT2D eigenvalue weighted by Gasteiger charge is -2.40. The molecule has 3 saturated carbocycles. The van der Waals surface area contributed by atoms with Crippen LogP contribution in [0.4, 0.5) is 0 Å². The van der Waals surface area contributed by atoms with E-state index in [1.165, 1.54) is 37.5 Å². The van der Waals surface area contributed by atoms with Crippen molar-refractivity contribution < 1.29 is 43.9 Å². The minimum Gasteiger partial charge on any atom is -0.508 e. The zero-order valence-corrected chi connectivity index (χ0v) is 29.2. The van der Waals surface area contributed by atoms with Crippen LogP contribution < -0.4 is 14.2 Å². The highest BCUT2D eigenvalue weighted by atomic mass is 16.5. The summed E-state index contributed by atoms with van der Waals surface area (Å²) < 4.78 is 18.2. The van der Waals surface area contributed by atoms with Crippen LogP contribution in [0.15, 0.2) is 54.6 Å². The molecule has 3 spiro atoms. The van der Waals surface area contributed by atoms with E-state index in [2.05, 4.69) is 0 Å².